The van der Waals surface area contributed by atoms with Crippen molar-refractivity contribution < 1.29 is 4.42 Å². The summed E-state index contributed by atoms with van der Waals surface area (Å²) in [5.74, 6) is 1.06. The Morgan fingerprint density at radius 2 is 1.33 bits per heavy atom. The molecule has 0 saturated heterocycles. The highest BCUT2D eigenvalue weighted by atomic mass is 35.5. The fourth-order valence-electron chi connectivity index (χ4n) is 3.89. The van der Waals surface area contributed by atoms with Gasteiger partial charge < -0.3 is 4.42 Å². The molecule has 0 aliphatic rings. The molecule has 5 heteroatoms. The number of para-hydroxylation sites is 1. The van der Waals surface area contributed by atoms with E-state index in [4.69, 9.17) is 21.0 Å². The second kappa shape index (κ2) is 6.65. The van der Waals surface area contributed by atoms with Crippen molar-refractivity contribution in [1.29, 1.82) is 0 Å². The van der Waals surface area contributed by atoms with Crippen LogP contribution in [-0.2, 0) is 0 Å². The minimum absolute atomic E-state index is 0.160. The Kier molecular flexibility index (Phi) is 3.79. The highest BCUT2D eigenvalue weighted by Crippen LogP contribution is 2.32. The van der Waals surface area contributed by atoms with Crippen LogP contribution in [0.1, 0.15) is 0 Å². The first-order valence-corrected chi connectivity index (χ1v) is 9.95. The maximum atomic E-state index is 6.30. The van der Waals surface area contributed by atoms with Crippen LogP contribution < -0.4 is 0 Å². The number of hydrogen-bond acceptors (Lipinski definition) is 4. The Balaban J connectivity index is 1.54. The minimum atomic E-state index is 0.160. The molecule has 0 N–H and O–H groups in total. The predicted octanol–water partition coefficient (Wildman–Crippen LogP) is 6.91. The van der Waals surface area contributed by atoms with Crippen molar-refractivity contribution in [3.8, 4) is 22.8 Å². The molecule has 0 spiro atoms. The second-order valence-corrected chi connectivity index (χ2v) is 7.43. The van der Waals surface area contributed by atoms with Crippen LogP contribution in [0.4, 0.5) is 0 Å². The zero-order valence-corrected chi connectivity index (χ0v) is 16.5. The van der Waals surface area contributed by atoms with Crippen LogP contribution in [0.15, 0.2) is 89.3 Å². The van der Waals surface area contributed by atoms with Crippen molar-refractivity contribution in [3.63, 3.8) is 0 Å². The summed E-state index contributed by atoms with van der Waals surface area (Å²) in [5.41, 5.74) is 3.39. The lowest BCUT2D eigenvalue weighted by Crippen LogP contribution is -1.97. The summed E-state index contributed by atoms with van der Waals surface area (Å²) in [6.07, 6.45) is 0. The molecule has 0 bridgehead atoms. The van der Waals surface area contributed by atoms with Crippen LogP contribution in [0.3, 0.4) is 0 Å². The van der Waals surface area contributed by atoms with Crippen LogP contribution in [0.5, 0.6) is 0 Å². The van der Waals surface area contributed by atoms with Gasteiger partial charge in [0.1, 0.15) is 11.2 Å². The van der Waals surface area contributed by atoms with Gasteiger partial charge in [0.15, 0.2) is 11.6 Å². The topological polar surface area (TPSA) is 51.8 Å². The number of furan rings is 1. The molecule has 0 aliphatic carbocycles. The van der Waals surface area contributed by atoms with E-state index in [0.717, 1.165) is 43.8 Å². The van der Waals surface area contributed by atoms with Crippen molar-refractivity contribution in [2.75, 3.05) is 0 Å². The number of benzene rings is 4. The van der Waals surface area contributed by atoms with E-state index in [-0.39, 0.29) is 5.28 Å². The van der Waals surface area contributed by atoms with Crippen LogP contribution in [-0.4, -0.2) is 15.0 Å². The summed E-state index contributed by atoms with van der Waals surface area (Å²) in [6.45, 7) is 0. The number of hydrogen-bond donors (Lipinski definition) is 0. The van der Waals surface area contributed by atoms with Gasteiger partial charge in [0.2, 0.25) is 5.28 Å². The van der Waals surface area contributed by atoms with Gasteiger partial charge in [-0.3, -0.25) is 0 Å². The van der Waals surface area contributed by atoms with Crippen LogP contribution in [0.25, 0.3) is 55.5 Å². The van der Waals surface area contributed by atoms with Gasteiger partial charge in [0, 0.05) is 21.9 Å². The first kappa shape index (κ1) is 17.1. The minimum Gasteiger partial charge on any atom is -0.456 e. The third-order valence-electron chi connectivity index (χ3n) is 5.28. The van der Waals surface area contributed by atoms with E-state index in [0.29, 0.717) is 11.6 Å². The van der Waals surface area contributed by atoms with Gasteiger partial charge in [-0.2, -0.15) is 9.97 Å². The summed E-state index contributed by atoms with van der Waals surface area (Å²) in [7, 11) is 0. The molecule has 6 rings (SSSR count). The molecule has 2 heterocycles. The maximum Gasteiger partial charge on any atom is 0.226 e. The molecule has 0 fully saturated rings. The van der Waals surface area contributed by atoms with Crippen molar-refractivity contribution in [1.82, 2.24) is 15.0 Å². The molecule has 30 heavy (non-hydrogen) atoms. The summed E-state index contributed by atoms with van der Waals surface area (Å²) < 4.78 is 6.01. The Hall–Kier alpha value is -3.76. The summed E-state index contributed by atoms with van der Waals surface area (Å²) in [6, 6.07) is 28.2. The van der Waals surface area contributed by atoms with E-state index in [1.807, 2.05) is 60.7 Å². The Morgan fingerprint density at radius 1 is 0.600 bits per heavy atom. The van der Waals surface area contributed by atoms with Crippen molar-refractivity contribution in [2.45, 2.75) is 0 Å². The SMILES string of the molecule is Clc1nc(-c2ccc3c(c2)oc2ccccc23)nc(-c2cccc3ccccc23)n1. The quantitative estimate of drug-likeness (QED) is 0.313. The highest BCUT2D eigenvalue weighted by Gasteiger charge is 2.14. The number of halogens is 1. The molecule has 0 radical (unpaired) electrons. The summed E-state index contributed by atoms with van der Waals surface area (Å²) in [4.78, 5) is 13.5. The summed E-state index contributed by atoms with van der Waals surface area (Å²) in [5, 5.41) is 4.50. The third-order valence-corrected chi connectivity index (χ3v) is 5.44. The molecule has 4 nitrogen and oxygen atoms in total. The maximum absolute atomic E-state index is 6.30. The molecule has 2 aromatic heterocycles. The van der Waals surface area contributed by atoms with Gasteiger partial charge in [-0.15, -0.1) is 0 Å². The molecule has 0 unspecified atom stereocenters. The molecular formula is C25H14ClN3O. The Labute approximate surface area is 176 Å². The van der Waals surface area contributed by atoms with Crippen molar-refractivity contribution in [3.05, 3.63) is 90.2 Å². The van der Waals surface area contributed by atoms with Crippen LogP contribution in [0, 0.1) is 0 Å². The average molecular weight is 408 g/mol. The zero-order valence-electron chi connectivity index (χ0n) is 15.7. The molecular weight excluding hydrogens is 394 g/mol. The van der Waals surface area contributed by atoms with E-state index in [1.165, 1.54) is 0 Å². The molecule has 0 saturated carbocycles. The van der Waals surface area contributed by atoms with Gasteiger partial charge in [-0.1, -0.05) is 66.7 Å². The molecule has 0 aliphatic heterocycles. The van der Waals surface area contributed by atoms with Crippen molar-refractivity contribution in [2.24, 2.45) is 0 Å². The normalized spacial score (nSPS) is 11.5. The molecule has 6 aromatic rings. The first-order valence-electron chi connectivity index (χ1n) is 9.58. The van der Waals surface area contributed by atoms with E-state index >= 15 is 0 Å². The van der Waals surface area contributed by atoms with Gasteiger partial charge in [0.25, 0.3) is 0 Å². The van der Waals surface area contributed by atoms with E-state index in [1.54, 1.807) is 0 Å². The highest BCUT2D eigenvalue weighted by molar-refractivity contribution is 6.28. The lowest BCUT2D eigenvalue weighted by molar-refractivity contribution is 0.669. The number of nitrogens with zero attached hydrogens (tertiary/aromatic N) is 3. The third kappa shape index (κ3) is 2.73. The molecule has 4 aromatic carbocycles. The number of rotatable bonds is 2. The Bertz CT molecular complexity index is 1570. The number of fused-ring (bicyclic) bond motifs is 4. The van der Waals surface area contributed by atoms with Gasteiger partial charge in [-0.05, 0) is 40.6 Å². The average Bonchev–Trinajstić information content (AvgIpc) is 3.16. The largest absolute Gasteiger partial charge is 0.456 e. The van der Waals surface area contributed by atoms with Crippen molar-refractivity contribution >= 4 is 44.3 Å². The second-order valence-electron chi connectivity index (χ2n) is 7.09. The molecule has 0 amide bonds. The smallest absolute Gasteiger partial charge is 0.226 e. The fourth-order valence-corrected chi connectivity index (χ4v) is 4.05. The number of aromatic nitrogens is 3. The Morgan fingerprint density at radius 3 is 2.27 bits per heavy atom. The lowest BCUT2D eigenvalue weighted by Gasteiger charge is -2.08. The van der Waals surface area contributed by atoms with Gasteiger partial charge in [0.05, 0.1) is 0 Å². The van der Waals surface area contributed by atoms with E-state index in [2.05, 4.69) is 34.2 Å². The van der Waals surface area contributed by atoms with E-state index in [9.17, 15) is 0 Å². The predicted molar refractivity (Wildman–Crippen MR) is 120 cm³/mol. The first-order chi connectivity index (χ1) is 14.8. The van der Waals surface area contributed by atoms with Crippen LogP contribution in [0.2, 0.25) is 5.28 Å². The standard InChI is InChI=1S/C25H14ClN3O/c26-25-28-23(16-12-13-19-18-9-3-4-11-21(18)30-22(19)14-16)27-24(29-25)20-10-5-7-15-6-1-2-8-17(15)20/h1-14H. The van der Waals surface area contributed by atoms with E-state index < -0.39 is 0 Å². The van der Waals surface area contributed by atoms with Gasteiger partial charge >= 0.3 is 0 Å². The lowest BCUT2D eigenvalue weighted by atomic mass is 10.0. The molecule has 0 atom stereocenters. The zero-order chi connectivity index (χ0) is 20.1. The van der Waals surface area contributed by atoms with Crippen LogP contribution >= 0.6 is 11.6 Å². The van der Waals surface area contributed by atoms with Gasteiger partial charge in [-0.25, -0.2) is 4.98 Å². The molecule has 142 valence electrons. The monoisotopic (exact) mass is 407 g/mol. The summed E-state index contributed by atoms with van der Waals surface area (Å²) >= 11 is 6.30. The fraction of sp³-hybridized carbons (Fsp3) is 0.